The van der Waals surface area contributed by atoms with Crippen molar-refractivity contribution in [2.24, 2.45) is 0 Å². The summed E-state index contributed by atoms with van der Waals surface area (Å²) >= 11 is 3.75. The normalized spacial score (nSPS) is 12.6. The second-order valence-corrected chi connectivity index (χ2v) is 15.0. The predicted octanol–water partition coefficient (Wildman–Crippen LogP) is 5.78. The maximum absolute atomic E-state index is 6.18. The van der Waals surface area contributed by atoms with E-state index in [1.807, 2.05) is 0 Å². The van der Waals surface area contributed by atoms with Gasteiger partial charge in [0.2, 0.25) is 0 Å². The Morgan fingerprint density at radius 3 is 1.94 bits per heavy atom. The molecule has 0 aromatic carbocycles. The first-order chi connectivity index (χ1) is 8.31. The lowest BCUT2D eigenvalue weighted by atomic mass is 10.1. The maximum Gasteiger partial charge on any atom is 0.468 e. The fraction of sp³-hybridized carbons (Fsp3) is 1.00. The molecule has 0 radical (unpaired) electrons. The van der Waals surface area contributed by atoms with Crippen LogP contribution < -0.4 is 0 Å². The zero-order chi connectivity index (χ0) is 14.1. The van der Waals surface area contributed by atoms with E-state index in [1.54, 1.807) is 0 Å². The minimum Gasteiger partial charge on any atom is -0.417 e. The molecule has 0 rings (SSSR count). The van der Waals surface area contributed by atoms with Gasteiger partial charge in [0.1, 0.15) is 0 Å². The average Bonchev–Trinajstić information content (AvgIpc) is 2.25. The van der Waals surface area contributed by atoms with Crippen molar-refractivity contribution in [3.8, 4) is 0 Å². The second-order valence-electron chi connectivity index (χ2n) is 6.77. The van der Waals surface area contributed by atoms with Crippen LogP contribution in [-0.4, -0.2) is 33.1 Å². The summed E-state index contributed by atoms with van der Waals surface area (Å²) in [5.41, 5.74) is 0. The first-order valence-corrected chi connectivity index (χ1v) is 15.3. The molecular formula is C14H31BrMgOSi. The molecule has 0 aliphatic heterocycles. The van der Waals surface area contributed by atoms with E-state index in [1.165, 1.54) is 43.1 Å². The van der Waals surface area contributed by atoms with Crippen molar-refractivity contribution in [2.75, 3.05) is 6.61 Å². The van der Waals surface area contributed by atoms with E-state index < -0.39 is 8.32 Å². The third-order valence-corrected chi connectivity index (χ3v) is 11.0. The van der Waals surface area contributed by atoms with E-state index in [-0.39, 0.29) is 18.2 Å². The number of unbranched alkanes of at least 4 members (excludes halogenated alkanes) is 5. The first kappa shape index (κ1) is 19.4. The van der Waals surface area contributed by atoms with E-state index in [0.717, 1.165) is 6.61 Å². The number of hydrogen-bond acceptors (Lipinski definition) is 1. The molecule has 0 amide bonds. The lowest BCUT2D eigenvalue weighted by molar-refractivity contribution is 0.277. The molecule has 0 aliphatic rings. The first-order valence-electron chi connectivity index (χ1n) is 7.51. The third kappa shape index (κ3) is 9.35. The Morgan fingerprint density at radius 1 is 0.944 bits per heavy atom. The molecule has 0 unspecified atom stereocenters. The second kappa shape index (κ2) is 10.2. The third-order valence-electron chi connectivity index (χ3n) is 4.05. The molecule has 0 saturated heterocycles. The SMILES string of the molecule is CC(C)(C)[Si](C)(C)OCCCCCCC[CH2][Mg][Br]. The molecule has 0 aromatic heterocycles. The van der Waals surface area contributed by atoms with Gasteiger partial charge in [-0.1, -0.05) is 52.9 Å². The van der Waals surface area contributed by atoms with E-state index in [0.29, 0.717) is 5.04 Å². The van der Waals surface area contributed by atoms with Crippen LogP contribution in [0.1, 0.15) is 59.3 Å². The van der Waals surface area contributed by atoms with Gasteiger partial charge in [0.05, 0.1) is 0 Å². The smallest absolute Gasteiger partial charge is 0.417 e. The van der Waals surface area contributed by atoms with Gasteiger partial charge >= 0.3 is 18.2 Å². The van der Waals surface area contributed by atoms with Gasteiger partial charge in [-0.2, -0.15) is 0 Å². The van der Waals surface area contributed by atoms with E-state index in [9.17, 15) is 0 Å². The van der Waals surface area contributed by atoms with E-state index >= 15 is 0 Å². The van der Waals surface area contributed by atoms with Crippen LogP contribution in [0, 0.1) is 0 Å². The van der Waals surface area contributed by atoms with Crippen molar-refractivity contribution in [3.05, 3.63) is 0 Å². The van der Waals surface area contributed by atoms with Crippen LogP contribution in [0.5, 0.6) is 0 Å². The average molecular weight is 348 g/mol. The standard InChI is InChI=1S/C14H31OSi.BrH.Mg/c1-7-8-9-10-11-12-13-15-16(5,6)14(2,3)4;;/h1,7-13H2,2-6H3;1H;/q;;+1/p-1. The molecular weight excluding hydrogens is 316 g/mol. The molecule has 0 N–H and O–H groups in total. The van der Waals surface area contributed by atoms with Crippen LogP contribution in [0.4, 0.5) is 0 Å². The molecule has 0 atom stereocenters. The quantitative estimate of drug-likeness (QED) is 0.359. The van der Waals surface area contributed by atoms with Gasteiger partial charge in [-0.3, -0.25) is 0 Å². The zero-order valence-electron chi connectivity index (χ0n) is 13.2. The number of hydrogen-bond donors (Lipinski definition) is 0. The summed E-state index contributed by atoms with van der Waals surface area (Å²) in [6.45, 7) is 12.6. The zero-order valence-corrected chi connectivity index (χ0v) is 17.2. The molecule has 0 saturated carbocycles. The fourth-order valence-corrected chi connectivity index (χ4v) is 4.44. The molecule has 4 heteroatoms. The van der Waals surface area contributed by atoms with Crippen LogP contribution >= 0.6 is 12.9 Å². The fourth-order valence-electron chi connectivity index (χ4n) is 1.62. The van der Waals surface area contributed by atoms with Crippen molar-refractivity contribution in [1.29, 1.82) is 0 Å². The molecule has 106 valence electrons. The van der Waals surface area contributed by atoms with Crippen LogP contribution in [0.15, 0.2) is 0 Å². The Morgan fingerprint density at radius 2 is 1.44 bits per heavy atom. The lowest BCUT2D eigenvalue weighted by Crippen LogP contribution is -2.40. The van der Waals surface area contributed by atoms with Gasteiger partial charge in [-0.15, -0.1) is 4.55 Å². The van der Waals surface area contributed by atoms with Gasteiger partial charge < -0.3 is 17.3 Å². The highest BCUT2D eigenvalue weighted by Crippen LogP contribution is 2.36. The number of rotatable bonds is 10. The minimum absolute atomic E-state index is 0.134. The Bertz CT molecular complexity index is 204. The van der Waals surface area contributed by atoms with Crippen molar-refractivity contribution in [1.82, 2.24) is 0 Å². The van der Waals surface area contributed by atoms with Crippen LogP contribution in [0.2, 0.25) is 22.7 Å². The summed E-state index contributed by atoms with van der Waals surface area (Å²) in [6.07, 6.45) is 8.28. The highest BCUT2D eigenvalue weighted by Gasteiger charge is 2.36. The molecule has 0 aliphatic carbocycles. The van der Waals surface area contributed by atoms with Gasteiger partial charge in [-0.25, -0.2) is 0 Å². The number of halogens is 1. The van der Waals surface area contributed by atoms with Gasteiger partial charge in [0, 0.05) is 6.61 Å². The minimum atomic E-state index is -1.49. The van der Waals surface area contributed by atoms with Crippen LogP contribution in [0.25, 0.3) is 0 Å². The van der Waals surface area contributed by atoms with Crippen molar-refractivity contribution in [2.45, 2.75) is 82.0 Å². The Kier molecular flexibility index (Phi) is 11.0. The summed E-state index contributed by atoms with van der Waals surface area (Å²) < 4.78 is 7.64. The molecule has 1 nitrogen and oxygen atoms in total. The van der Waals surface area contributed by atoms with Gasteiger partial charge in [-0.05, 0) is 24.6 Å². The molecule has 0 aromatic rings. The Balaban J connectivity index is 3.41. The van der Waals surface area contributed by atoms with Crippen molar-refractivity contribution in [3.63, 3.8) is 0 Å². The maximum atomic E-state index is 6.18. The largest absolute Gasteiger partial charge is 0.468 e. The van der Waals surface area contributed by atoms with Gasteiger partial charge in [0.15, 0.2) is 8.32 Å². The Hall–Kier alpha value is 1.42. The summed E-state index contributed by atoms with van der Waals surface area (Å²) in [5, 5.41) is 0.354. The molecule has 0 fully saturated rings. The summed E-state index contributed by atoms with van der Waals surface area (Å²) in [4.78, 5) is 0. The van der Waals surface area contributed by atoms with Crippen LogP contribution in [-0.2, 0) is 4.43 Å². The van der Waals surface area contributed by atoms with Crippen molar-refractivity contribution < 1.29 is 4.43 Å². The molecule has 0 heterocycles. The lowest BCUT2D eigenvalue weighted by Gasteiger charge is -2.36. The van der Waals surface area contributed by atoms with Crippen molar-refractivity contribution >= 4 is 39.4 Å². The van der Waals surface area contributed by atoms with Crippen LogP contribution in [0.3, 0.4) is 0 Å². The molecule has 18 heavy (non-hydrogen) atoms. The monoisotopic (exact) mass is 346 g/mol. The Labute approximate surface area is 132 Å². The van der Waals surface area contributed by atoms with Gasteiger partial charge in [0.25, 0.3) is 0 Å². The van der Waals surface area contributed by atoms with E-state index in [2.05, 4.69) is 46.7 Å². The summed E-state index contributed by atoms with van der Waals surface area (Å²) in [6, 6.07) is 0. The summed E-state index contributed by atoms with van der Waals surface area (Å²) in [5.74, 6) is 0. The topological polar surface area (TPSA) is 9.23 Å². The highest BCUT2D eigenvalue weighted by atomic mass is 79.9. The van der Waals surface area contributed by atoms with E-state index in [4.69, 9.17) is 4.43 Å². The predicted molar refractivity (Wildman–Crippen MR) is 90.3 cm³/mol. The highest BCUT2D eigenvalue weighted by molar-refractivity contribution is 9.23. The molecule has 0 spiro atoms. The summed E-state index contributed by atoms with van der Waals surface area (Å²) in [7, 11) is -1.49. The molecule has 0 bridgehead atoms.